The summed E-state index contributed by atoms with van der Waals surface area (Å²) in [7, 11) is 0. The highest BCUT2D eigenvalue weighted by molar-refractivity contribution is 9.11. The standard InChI is InChI=1S/C14H19Br2NO2/c1-2-3-10(4-5-18)9-17-14(19)11-6-12(15)8-13(16)7-11/h6-8,10,18H,2-5,9H2,1H3,(H,17,19). The molecule has 0 saturated heterocycles. The maximum atomic E-state index is 12.0. The topological polar surface area (TPSA) is 49.3 Å². The largest absolute Gasteiger partial charge is 0.396 e. The van der Waals surface area contributed by atoms with Gasteiger partial charge >= 0.3 is 0 Å². The van der Waals surface area contributed by atoms with E-state index < -0.39 is 0 Å². The zero-order valence-corrected chi connectivity index (χ0v) is 14.1. The van der Waals surface area contributed by atoms with E-state index in [-0.39, 0.29) is 12.5 Å². The van der Waals surface area contributed by atoms with Gasteiger partial charge in [0, 0.05) is 27.7 Å². The van der Waals surface area contributed by atoms with Crippen LogP contribution in [0.4, 0.5) is 0 Å². The maximum absolute atomic E-state index is 12.0. The third kappa shape index (κ3) is 6.06. The van der Waals surface area contributed by atoms with E-state index in [0.29, 0.717) is 18.0 Å². The molecule has 1 atom stereocenters. The van der Waals surface area contributed by atoms with Crippen molar-refractivity contribution in [1.29, 1.82) is 0 Å². The summed E-state index contributed by atoms with van der Waals surface area (Å²) in [6, 6.07) is 5.48. The van der Waals surface area contributed by atoms with Crippen molar-refractivity contribution in [3.05, 3.63) is 32.7 Å². The predicted octanol–water partition coefficient (Wildman–Crippen LogP) is 3.74. The lowest BCUT2D eigenvalue weighted by molar-refractivity contribution is 0.0942. The van der Waals surface area contributed by atoms with Crippen LogP contribution in [0.1, 0.15) is 36.5 Å². The molecule has 0 radical (unpaired) electrons. The lowest BCUT2D eigenvalue weighted by Gasteiger charge is -2.15. The monoisotopic (exact) mass is 391 g/mol. The van der Waals surface area contributed by atoms with Crippen LogP contribution in [0, 0.1) is 5.92 Å². The Morgan fingerprint density at radius 2 is 1.89 bits per heavy atom. The molecule has 0 fully saturated rings. The molecule has 0 aromatic heterocycles. The lowest BCUT2D eigenvalue weighted by atomic mass is 10.00. The van der Waals surface area contributed by atoms with Crippen molar-refractivity contribution in [2.24, 2.45) is 5.92 Å². The van der Waals surface area contributed by atoms with E-state index in [0.717, 1.165) is 28.2 Å². The van der Waals surface area contributed by atoms with Gasteiger partial charge < -0.3 is 10.4 Å². The van der Waals surface area contributed by atoms with Gasteiger partial charge in [-0.2, -0.15) is 0 Å². The quantitative estimate of drug-likeness (QED) is 0.742. The van der Waals surface area contributed by atoms with Gasteiger partial charge in [-0.1, -0.05) is 45.2 Å². The van der Waals surface area contributed by atoms with Crippen molar-refractivity contribution >= 4 is 37.8 Å². The zero-order valence-electron chi connectivity index (χ0n) is 11.0. The van der Waals surface area contributed by atoms with Crippen molar-refractivity contribution in [3.63, 3.8) is 0 Å². The molecule has 1 rings (SSSR count). The molecule has 5 heteroatoms. The van der Waals surface area contributed by atoms with Gasteiger partial charge in [0.15, 0.2) is 0 Å². The number of aliphatic hydroxyl groups excluding tert-OH is 1. The van der Waals surface area contributed by atoms with Crippen LogP contribution in [-0.4, -0.2) is 24.2 Å². The SMILES string of the molecule is CCCC(CCO)CNC(=O)c1cc(Br)cc(Br)c1. The van der Waals surface area contributed by atoms with Crippen molar-refractivity contribution in [2.75, 3.05) is 13.2 Å². The minimum Gasteiger partial charge on any atom is -0.396 e. The summed E-state index contributed by atoms with van der Waals surface area (Å²) in [5, 5.41) is 11.9. The van der Waals surface area contributed by atoms with Crippen molar-refractivity contribution in [3.8, 4) is 0 Å². The molecule has 0 spiro atoms. The summed E-state index contributed by atoms with van der Waals surface area (Å²) in [5.41, 5.74) is 0.625. The first-order chi connectivity index (χ1) is 9.06. The Kier molecular flexibility index (Phi) is 7.64. The maximum Gasteiger partial charge on any atom is 0.251 e. The van der Waals surface area contributed by atoms with Crippen LogP contribution in [0.25, 0.3) is 0 Å². The molecular weight excluding hydrogens is 374 g/mol. The zero-order chi connectivity index (χ0) is 14.3. The van der Waals surface area contributed by atoms with Gasteiger partial charge in [-0.3, -0.25) is 4.79 Å². The second-order valence-electron chi connectivity index (χ2n) is 4.54. The Balaban J connectivity index is 2.58. The molecule has 1 amide bonds. The van der Waals surface area contributed by atoms with Gasteiger partial charge in [0.25, 0.3) is 5.91 Å². The normalized spacial score (nSPS) is 12.2. The fourth-order valence-electron chi connectivity index (χ4n) is 1.96. The number of rotatable bonds is 7. The molecule has 1 unspecified atom stereocenters. The van der Waals surface area contributed by atoms with E-state index in [1.165, 1.54) is 0 Å². The van der Waals surface area contributed by atoms with Crippen LogP contribution in [0.5, 0.6) is 0 Å². The van der Waals surface area contributed by atoms with Crippen LogP contribution < -0.4 is 5.32 Å². The molecule has 0 aliphatic carbocycles. The molecule has 106 valence electrons. The number of carbonyl (C=O) groups is 1. The fourth-order valence-corrected chi connectivity index (χ4v) is 3.26. The van der Waals surface area contributed by atoms with Crippen LogP contribution in [0.3, 0.4) is 0 Å². The van der Waals surface area contributed by atoms with Crippen LogP contribution in [0.2, 0.25) is 0 Å². The van der Waals surface area contributed by atoms with Gasteiger partial charge in [-0.15, -0.1) is 0 Å². The average Bonchev–Trinajstić information content (AvgIpc) is 2.35. The lowest BCUT2D eigenvalue weighted by Crippen LogP contribution is -2.29. The Morgan fingerprint density at radius 1 is 1.26 bits per heavy atom. The molecule has 19 heavy (non-hydrogen) atoms. The number of hydrogen-bond donors (Lipinski definition) is 2. The summed E-state index contributed by atoms with van der Waals surface area (Å²) in [5.74, 6) is 0.260. The molecule has 0 saturated carbocycles. The van der Waals surface area contributed by atoms with Crippen LogP contribution >= 0.6 is 31.9 Å². The van der Waals surface area contributed by atoms with Crippen LogP contribution in [0.15, 0.2) is 27.1 Å². The predicted molar refractivity (Wildman–Crippen MR) is 84.3 cm³/mol. The van der Waals surface area contributed by atoms with Crippen molar-refractivity contribution < 1.29 is 9.90 Å². The highest BCUT2D eigenvalue weighted by Crippen LogP contribution is 2.20. The van der Waals surface area contributed by atoms with E-state index >= 15 is 0 Å². The Labute approximate surface area is 131 Å². The van der Waals surface area contributed by atoms with E-state index in [1.807, 2.05) is 6.07 Å². The van der Waals surface area contributed by atoms with Crippen molar-refractivity contribution in [2.45, 2.75) is 26.2 Å². The molecule has 3 nitrogen and oxygen atoms in total. The first kappa shape index (κ1) is 16.7. The Bertz CT molecular complexity index is 398. The summed E-state index contributed by atoms with van der Waals surface area (Å²) in [6.45, 7) is 2.89. The molecular formula is C14H19Br2NO2. The highest BCUT2D eigenvalue weighted by atomic mass is 79.9. The van der Waals surface area contributed by atoms with Gasteiger partial charge in [-0.05, 0) is 37.0 Å². The second-order valence-corrected chi connectivity index (χ2v) is 6.37. The number of nitrogens with one attached hydrogen (secondary N) is 1. The first-order valence-electron chi connectivity index (χ1n) is 6.42. The molecule has 1 aromatic carbocycles. The van der Waals surface area contributed by atoms with Gasteiger partial charge in [0.05, 0.1) is 0 Å². The third-order valence-corrected chi connectivity index (χ3v) is 3.83. The number of halogens is 2. The second kappa shape index (κ2) is 8.72. The summed E-state index contributed by atoms with van der Waals surface area (Å²) in [6.07, 6.45) is 2.81. The molecule has 0 aliphatic rings. The van der Waals surface area contributed by atoms with E-state index in [2.05, 4.69) is 44.1 Å². The van der Waals surface area contributed by atoms with E-state index in [9.17, 15) is 4.79 Å². The molecule has 1 aromatic rings. The summed E-state index contributed by atoms with van der Waals surface area (Å²) in [4.78, 5) is 12.0. The van der Waals surface area contributed by atoms with Crippen LogP contribution in [-0.2, 0) is 0 Å². The van der Waals surface area contributed by atoms with Gasteiger partial charge in [0.1, 0.15) is 0 Å². The minimum absolute atomic E-state index is 0.0824. The van der Waals surface area contributed by atoms with E-state index in [1.54, 1.807) is 12.1 Å². The average molecular weight is 393 g/mol. The Hall–Kier alpha value is -0.390. The summed E-state index contributed by atoms with van der Waals surface area (Å²) >= 11 is 6.74. The fraction of sp³-hybridized carbons (Fsp3) is 0.500. The molecule has 0 bridgehead atoms. The highest BCUT2D eigenvalue weighted by Gasteiger charge is 2.11. The van der Waals surface area contributed by atoms with Crippen molar-refractivity contribution in [1.82, 2.24) is 5.32 Å². The number of aliphatic hydroxyl groups is 1. The minimum atomic E-state index is -0.0824. The number of amides is 1. The van der Waals surface area contributed by atoms with Gasteiger partial charge in [0.2, 0.25) is 0 Å². The summed E-state index contributed by atoms with van der Waals surface area (Å²) < 4.78 is 1.74. The number of carbonyl (C=O) groups excluding carboxylic acids is 1. The van der Waals surface area contributed by atoms with E-state index in [4.69, 9.17) is 5.11 Å². The Morgan fingerprint density at radius 3 is 2.42 bits per heavy atom. The smallest absolute Gasteiger partial charge is 0.251 e. The third-order valence-electron chi connectivity index (χ3n) is 2.91. The number of benzene rings is 1. The molecule has 2 N–H and O–H groups in total. The van der Waals surface area contributed by atoms with Gasteiger partial charge in [-0.25, -0.2) is 0 Å². The number of hydrogen-bond acceptors (Lipinski definition) is 2. The molecule has 0 heterocycles. The first-order valence-corrected chi connectivity index (χ1v) is 8.00. The molecule has 0 aliphatic heterocycles.